The van der Waals surface area contributed by atoms with Crippen LogP contribution in [0.4, 0.5) is 0 Å². The van der Waals surface area contributed by atoms with Gasteiger partial charge in [-0.25, -0.2) is 0 Å². The molecule has 0 radical (unpaired) electrons. The van der Waals surface area contributed by atoms with Gasteiger partial charge in [0.1, 0.15) is 5.75 Å². The second-order valence-corrected chi connectivity index (χ2v) is 8.44. The first-order chi connectivity index (χ1) is 14.1. The largest absolute Gasteiger partial charge is 0.508 e. The number of rotatable bonds is 11. The quantitative estimate of drug-likeness (QED) is 0.308. The smallest absolute Gasteiger partial charge is 0.305 e. The van der Waals surface area contributed by atoms with E-state index in [-0.39, 0.29) is 5.97 Å². The molecule has 0 fully saturated rings. The molecule has 0 bridgehead atoms. The zero-order valence-electron chi connectivity index (χ0n) is 20.0. The van der Waals surface area contributed by atoms with Crippen LogP contribution in [-0.2, 0) is 16.0 Å². The van der Waals surface area contributed by atoms with Gasteiger partial charge in [-0.1, -0.05) is 34.9 Å². The van der Waals surface area contributed by atoms with Crippen molar-refractivity contribution >= 4 is 5.97 Å². The van der Waals surface area contributed by atoms with E-state index in [4.69, 9.17) is 0 Å². The summed E-state index contributed by atoms with van der Waals surface area (Å²) in [5.74, 6) is 0.249. The Hall–Kier alpha value is -2.29. The molecule has 1 aromatic carbocycles. The van der Waals surface area contributed by atoms with Crippen LogP contribution in [0.5, 0.6) is 5.75 Å². The van der Waals surface area contributed by atoms with Crippen molar-refractivity contribution in [3.05, 3.63) is 63.3 Å². The topological polar surface area (TPSA) is 46.5 Å². The van der Waals surface area contributed by atoms with Crippen molar-refractivity contribution in [2.75, 3.05) is 7.11 Å². The third-order valence-electron chi connectivity index (χ3n) is 5.99. The molecule has 0 aromatic heterocycles. The third-order valence-corrected chi connectivity index (χ3v) is 5.99. The SMILES string of the molecule is COC(=O)CC/C(C)=C/CC/C(C)=C/CC/C(C)=C/Cc1cc(O)c(C)c(C)c1C. The Bertz CT molecular complexity index is 810. The minimum absolute atomic E-state index is 0.147. The fraction of sp³-hybridized carbons (Fsp3) is 0.519. The molecule has 0 heterocycles. The molecule has 0 atom stereocenters. The zero-order valence-corrected chi connectivity index (χ0v) is 20.0. The van der Waals surface area contributed by atoms with E-state index < -0.39 is 0 Å². The van der Waals surface area contributed by atoms with Crippen LogP contribution in [0.15, 0.2) is 41.0 Å². The number of hydrogen-bond donors (Lipinski definition) is 1. The van der Waals surface area contributed by atoms with Crippen molar-refractivity contribution < 1.29 is 14.6 Å². The summed E-state index contributed by atoms with van der Waals surface area (Å²) in [5.41, 5.74) is 8.69. The van der Waals surface area contributed by atoms with Gasteiger partial charge in [-0.2, -0.15) is 0 Å². The predicted octanol–water partition coefficient (Wildman–Crippen LogP) is 7.21. The van der Waals surface area contributed by atoms with Crippen molar-refractivity contribution in [3.8, 4) is 5.75 Å². The van der Waals surface area contributed by atoms with Crippen LogP contribution < -0.4 is 0 Å². The number of esters is 1. The lowest BCUT2D eigenvalue weighted by Gasteiger charge is -2.12. The number of methoxy groups -OCH3 is 1. The summed E-state index contributed by atoms with van der Waals surface area (Å²) < 4.78 is 4.68. The molecule has 1 N–H and O–H groups in total. The summed E-state index contributed by atoms with van der Waals surface area (Å²) in [5, 5.41) is 10.1. The van der Waals surface area contributed by atoms with E-state index in [1.165, 1.54) is 40.5 Å². The van der Waals surface area contributed by atoms with Crippen LogP contribution in [0.3, 0.4) is 0 Å². The van der Waals surface area contributed by atoms with E-state index in [2.05, 4.69) is 57.6 Å². The molecule has 0 saturated carbocycles. The molecule has 3 heteroatoms. The Morgan fingerprint density at radius 1 is 0.833 bits per heavy atom. The van der Waals surface area contributed by atoms with Gasteiger partial charge in [0.25, 0.3) is 0 Å². The second-order valence-electron chi connectivity index (χ2n) is 8.44. The van der Waals surface area contributed by atoms with Crippen molar-refractivity contribution in [2.24, 2.45) is 0 Å². The standard InChI is InChI=1S/C27H40O3/c1-19(11-9-13-21(3)15-17-27(29)30-7)10-8-12-20(2)14-16-25-18-26(28)24(6)22(4)23(25)5/h10,13-14,18,28H,8-9,11-12,15-17H2,1-7H3/b19-10+,20-14+,21-13+. The Balaban J connectivity index is 2.45. The van der Waals surface area contributed by atoms with E-state index in [0.717, 1.165) is 44.1 Å². The van der Waals surface area contributed by atoms with Crippen molar-refractivity contribution in [2.45, 2.75) is 86.5 Å². The van der Waals surface area contributed by atoms with Crippen LogP contribution in [0, 0.1) is 20.8 Å². The number of carbonyl (C=O) groups excluding carboxylic acids is 1. The molecular formula is C27H40O3. The number of benzene rings is 1. The summed E-state index contributed by atoms with van der Waals surface area (Å²) in [6.45, 7) is 12.6. The molecule has 0 unspecified atom stereocenters. The highest BCUT2D eigenvalue weighted by Gasteiger charge is 2.08. The normalized spacial score (nSPS) is 13.0. The number of phenolic OH excluding ortho intramolecular Hbond substituents is 1. The van der Waals surface area contributed by atoms with Gasteiger partial charge in [-0.15, -0.1) is 0 Å². The summed E-state index contributed by atoms with van der Waals surface area (Å²) >= 11 is 0. The van der Waals surface area contributed by atoms with E-state index in [9.17, 15) is 9.90 Å². The molecule has 0 aliphatic rings. The Kier molecular flexibility index (Phi) is 11.2. The van der Waals surface area contributed by atoms with Crippen LogP contribution in [0.25, 0.3) is 0 Å². The second kappa shape index (κ2) is 13.1. The third kappa shape index (κ3) is 9.02. The van der Waals surface area contributed by atoms with E-state index >= 15 is 0 Å². The maximum Gasteiger partial charge on any atom is 0.305 e. The van der Waals surface area contributed by atoms with E-state index in [1.54, 1.807) is 0 Å². The molecule has 3 nitrogen and oxygen atoms in total. The van der Waals surface area contributed by atoms with E-state index in [0.29, 0.717) is 12.2 Å². The molecule has 30 heavy (non-hydrogen) atoms. The molecule has 1 rings (SSSR count). The van der Waals surface area contributed by atoms with Gasteiger partial charge >= 0.3 is 5.97 Å². The average molecular weight is 413 g/mol. The summed E-state index contributed by atoms with van der Waals surface area (Å²) in [7, 11) is 1.43. The predicted molar refractivity (Wildman–Crippen MR) is 127 cm³/mol. The fourth-order valence-electron chi connectivity index (χ4n) is 3.39. The number of hydrogen-bond acceptors (Lipinski definition) is 3. The first-order valence-corrected chi connectivity index (χ1v) is 11.0. The van der Waals surface area contributed by atoms with Gasteiger partial charge in [0.2, 0.25) is 0 Å². The first-order valence-electron chi connectivity index (χ1n) is 11.0. The first kappa shape index (κ1) is 25.7. The maximum absolute atomic E-state index is 11.2. The maximum atomic E-state index is 11.2. The molecule has 166 valence electrons. The van der Waals surface area contributed by atoms with Crippen LogP contribution >= 0.6 is 0 Å². The Morgan fingerprint density at radius 3 is 1.93 bits per heavy atom. The van der Waals surface area contributed by atoms with Crippen molar-refractivity contribution in [3.63, 3.8) is 0 Å². The van der Waals surface area contributed by atoms with Crippen LogP contribution in [0.2, 0.25) is 0 Å². The summed E-state index contributed by atoms with van der Waals surface area (Å²) in [4.78, 5) is 11.2. The number of allylic oxidation sites excluding steroid dienone is 6. The van der Waals surface area contributed by atoms with Gasteiger partial charge in [-0.3, -0.25) is 4.79 Å². The monoisotopic (exact) mass is 412 g/mol. The number of ether oxygens (including phenoxy) is 1. The number of aromatic hydroxyl groups is 1. The fourth-order valence-corrected chi connectivity index (χ4v) is 3.39. The highest BCUT2D eigenvalue weighted by molar-refractivity contribution is 5.69. The van der Waals surface area contributed by atoms with Crippen LogP contribution in [0.1, 0.15) is 81.5 Å². The summed E-state index contributed by atoms with van der Waals surface area (Å²) in [6.07, 6.45) is 13.1. The Labute approximate surface area is 183 Å². The lowest BCUT2D eigenvalue weighted by Crippen LogP contribution is -1.99. The zero-order chi connectivity index (χ0) is 22.7. The summed E-state index contributed by atoms with van der Waals surface area (Å²) in [6, 6.07) is 1.91. The molecule has 0 aliphatic heterocycles. The highest BCUT2D eigenvalue weighted by Crippen LogP contribution is 2.27. The minimum atomic E-state index is -0.147. The van der Waals surface area contributed by atoms with Crippen molar-refractivity contribution in [1.82, 2.24) is 0 Å². The van der Waals surface area contributed by atoms with E-state index in [1.807, 2.05) is 13.0 Å². The van der Waals surface area contributed by atoms with Gasteiger partial charge in [0, 0.05) is 6.42 Å². The molecule has 0 spiro atoms. The lowest BCUT2D eigenvalue weighted by atomic mass is 9.95. The molecule has 0 amide bonds. The molecular weight excluding hydrogens is 372 g/mol. The minimum Gasteiger partial charge on any atom is -0.508 e. The molecule has 0 saturated heterocycles. The number of carbonyl (C=O) groups is 1. The van der Waals surface area contributed by atoms with Crippen molar-refractivity contribution in [1.29, 1.82) is 0 Å². The number of phenols is 1. The van der Waals surface area contributed by atoms with Gasteiger partial charge in [0.15, 0.2) is 0 Å². The van der Waals surface area contributed by atoms with Gasteiger partial charge < -0.3 is 9.84 Å². The van der Waals surface area contributed by atoms with Gasteiger partial charge in [0.05, 0.1) is 7.11 Å². The Morgan fingerprint density at radius 2 is 1.37 bits per heavy atom. The average Bonchev–Trinajstić information content (AvgIpc) is 2.72. The molecule has 0 aliphatic carbocycles. The lowest BCUT2D eigenvalue weighted by molar-refractivity contribution is -0.140. The highest BCUT2D eigenvalue weighted by atomic mass is 16.5. The molecule has 1 aromatic rings. The van der Waals surface area contributed by atoms with Gasteiger partial charge in [-0.05, 0) is 108 Å². The van der Waals surface area contributed by atoms with Crippen LogP contribution in [-0.4, -0.2) is 18.2 Å².